The number of benzene rings is 2. The lowest BCUT2D eigenvalue weighted by Gasteiger charge is -2.25. The summed E-state index contributed by atoms with van der Waals surface area (Å²) in [6, 6.07) is 22.3. The van der Waals surface area contributed by atoms with Crippen molar-refractivity contribution in [3.05, 3.63) is 89.6 Å². The van der Waals surface area contributed by atoms with Crippen molar-refractivity contribution >= 4 is 5.91 Å². The highest BCUT2D eigenvalue weighted by Crippen LogP contribution is 2.27. The van der Waals surface area contributed by atoms with Crippen molar-refractivity contribution in [3.63, 3.8) is 0 Å². The number of hydrogen-bond acceptors (Lipinski definition) is 4. The quantitative estimate of drug-likeness (QED) is 0.333. The van der Waals surface area contributed by atoms with Crippen LogP contribution in [0, 0.1) is 5.92 Å². The molecule has 1 aliphatic rings. The highest BCUT2D eigenvalue weighted by molar-refractivity contribution is 5.92. The molecule has 0 saturated heterocycles. The van der Waals surface area contributed by atoms with Crippen LogP contribution < -0.4 is 10.5 Å². The van der Waals surface area contributed by atoms with Gasteiger partial charge in [0.1, 0.15) is 5.75 Å². The second-order valence-electron chi connectivity index (χ2n) is 9.65. The summed E-state index contributed by atoms with van der Waals surface area (Å²) in [5.41, 5.74) is 8.30. The number of ether oxygens (including phenoxy) is 1. The van der Waals surface area contributed by atoms with Crippen LogP contribution in [0.5, 0.6) is 11.6 Å². The van der Waals surface area contributed by atoms with Crippen molar-refractivity contribution in [2.24, 2.45) is 11.7 Å². The molecule has 35 heavy (non-hydrogen) atoms. The Morgan fingerprint density at radius 1 is 0.914 bits per heavy atom. The standard InChI is InChI=1S/C30H37N3O2/c31-30(34)27-15-18-29(32-22-27)35-28-16-13-25(14-17-28)19-21-33(23-26-10-5-2-6-11-26)20-7-12-24-8-3-1-4-9-24/h2,5-6,10-11,13-18,22,24H,1,3-4,7-9,12,19-21,23H2,(H2,31,34). The van der Waals surface area contributed by atoms with Crippen LogP contribution in [-0.2, 0) is 13.0 Å². The van der Waals surface area contributed by atoms with E-state index in [1.54, 1.807) is 12.1 Å². The average Bonchev–Trinajstić information content (AvgIpc) is 2.89. The minimum Gasteiger partial charge on any atom is -0.439 e. The van der Waals surface area contributed by atoms with Crippen LogP contribution >= 0.6 is 0 Å². The molecule has 1 aliphatic carbocycles. The zero-order valence-corrected chi connectivity index (χ0v) is 20.6. The second-order valence-corrected chi connectivity index (χ2v) is 9.65. The monoisotopic (exact) mass is 471 g/mol. The lowest BCUT2D eigenvalue weighted by Crippen LogP contribution is -2.27. The fourth-order valence-corrected chi connectivity index (χ4v) is 4.91. The maximum atomic E-state index is 11.2. The van der Waals surface area contributed by atoms with E-state index in [0.29, 0.717) is 11.4 Å². The average molecular weight is 472 g/mol. The fourth-order valence-electron chi connectivity index (χ4n) is 4.91. The Balaban J connectivity index is 1.29. The molecule has 0 bridgehead atoms. The van der Waals surface area contributed by atoms with Gasteiger partial charge in [-0.25, -0.2) is 4.98 Å². The molecule has 1 amide bonds. The molecule has 0 aliphatic heterocycles. The van der Waals surface area contributed by atoms with Gasteiger partial charge in [0.15, 0.2) is 0 Å². The third kappa shape index (κ3) is 8.22. The summed E-state index contributed by atoms with van der Waals surface area (Å²) in [6.07, 6.45) is 12.2. The summed E-state index contributed by atoms with van der Waals surface area (Å²) in [4.78, 5) is 17.9. The zero-order valence-electron chi connectivity index (χ0n) is 20.6. The molecule has 2 N–H and O–H groups in total. The minimum atomic E-state index is -0.497. The van der Waals surface area contributed by atoms with E-state index in [1.807, 2.05) is 12.1 Å². The van der Waals surface area contributed by atoms with Gasteiger partial charge in [0.05, 0.1) is 5.56 Å². The Kier molecular flexibility index (Phi) is 9.30. The number of carbonyl (C=O) groups excluding carboxylic acids is 1. The normalized spacial score (nSPS) is 14.2. The van der Waals surface area contributed by atoms with Crippen LogP contribution in [0.4, 0.5) is 0 Å². The molecule has 0 atom stereocenters. The maximum absolute atomic E-state index is 11.2. The van der Waals surface area contributed by atoms with Gasteiger partial charge in [-0.15, -0.1) is 0 Å². The first-order valence-corrected chi connectivity index (χ1v) is 12.9. The van der Waals surface area contributed by atoms with Gasteiger partial charge in [0, 0.05) is 25.4 Å². The number of aromatic nitrogens is 1. The third-order valence-electron chi connectivity index (χ3n) is 6.94. The SMILES string of the molecule is NC(=O)c1ccc(Oc2ccc(CCN(CCCC3CCCCC3)Cc3ccccc3)cc2)nc1. The van der Waals surface area contributed by atoms with E-state index in [4.69, 9.17) is 10.5 Å². The van der Waals surface area contributed by atoms with Crippen LogP contribution in [0.2, 0.25) is 0 Å². The number of rotatable bonds is 12. The Hall–Kier alpha value is -3.18. The van der Waals surface area contributed by atoms with Gasteiger partial charge < -0.3 is 10.5 Å². The van der Waals surface area contributed by atoms with Gasteiger partial charge in [-0.1, -0.05) is 74.6 Å². The molecule has 184 valence electrons. The molecule has 0 spiro atoms. The number of primary amides is 1. The number of nitrogens with zero attached hydrogens (tertiary/aromatic N) is 2. The molecule has 1 heterocycles. The van der Waals surface area contributed by atoms with Crippen molar-refractivity contribution in [2.45, 2.75) is 57.9 Å². The van der Waals surface area contributed by atoms with E-state index in [-0.39, 0.29) is 0 Å². The van der Waals surface area contributed by atoms with E-state index >= 15 is 0 Å². The predicted octanol–water partition coefficient (Wildman–Crippen LogP) is 6.38. The summed E-state index contributed by atoms with van der Waals surface area (Å²) in [6.45, 7) is 3.19. The van der Waals surface area contributed by atoms with E-state index < -0.39 is 5.91 Å². The zero-order chi connectivity index (χ0) is 24.3. The summed E-state index contributed by atoms with van der Waals surface area (Å²) in [5.74, 6) is 1.61. The molecule has 1 aromatic heterocycles. The Morgan fingerprint density at radius 3 is 2.37 bits per heavy atom. The second kappa shape index (κ2) is 13.1. The largest absolute Gasteiger partial charge is 0.439 e. The highest BCUT2D eigenvalue weighted by Gasteiger charge is 2.14. The molecule has 1 saturated carbocycles. The third-order valence-corrected chi connectivity index (χ3v) is 6.94. The molecular weight excluding hydrogens is 434 g/mol. The predicted molar refractivity (Wildman–Crippen MR) is 141 cm³/mol. The van der Waals surface area contributed by atoms with Crippen LogP contribution in [0.25, 0.3) is 0 Å². The highest BCUT2D eigenvalue weighted by atomic mass is 16.5. The van der Waals surface area contributed by atoms with Gasteiger partial charge >= 0.3 is 0 Å². The van der Waals surface area contributed by atoms with Gasteiger partial charge in [-0.2, -0.15) is 0 Å². The molecule has 1 fully saturated rings. The fraction of sp³-hybridized carbons (Fsp3) is 0.400. The minimum absolute atomic E-state index is 0.367. The van der Waals surface area contributed by atoms with Gasteiger partial charge in [-0.3, -0.25) is 9.69 Å². The van der Waals surface area contributed by atoms with Gasteiger partial charge in [0.2, 0.25) is 11.8 Å². The first kappa shape index (κ1) is 24.9. The molecule has 5 nitrogen and oxygen atoms in total. The smallest absolute Gasteiger partial charge is 0.250 e. The molecule has 0 radical (unpaired) electrons. The topological polar surface area (TPSA) is 68.5 Å². The molecule has 4 rings (SSSR count). The van der Waals surface area contributed by atoms with E-state index in [0.717, 1.165) is 37.7 Å². The number of amides is 1. The van der Waals surface area contributed by atoms with Crippen LogP contribution in [0.15, 0.2) is 72.9 Å². The van der Waals surface area contributed by atoms with E-state index in [9.17, 15) is 4.79 Å². The Labute approximate surface area is 209 Å². The van der Waals surface area contributed by atoms with E-state index in [1.165, 1.54) is 62.3 Å². The molecular formula is C30H37N3O2. The maximum Gasteiger partial charge on any atom is 0.250 e. The van der Waals surface area contributed by atoms with Crippen molar-refractivity contribution in [1.29, 1.82) is 0 Å². The number of hydrogen-bond donors (Lipinski definition) is 1. The Bertz CT molecular complexity index is 1030. The lowest BCUT2D eigenvalue weighted by atomic mass is 9.86. The van der Waals surface area contributed by atoms with Crippen molar-refractivity contribution in [1.82, 2.24) is 9.88 Å². The number of carbonyl (C=O) groups is 1. The van der Waals surface area contributed by atoms with Crippen LogP contribution in [-0.4, -0.2) is 28.9 Å². The molecule has 0 unspecified atom stereocenters. The molecule has 2 aromatic carbocycles. The first-order valence-electron chi connectivity index (χ1n) is 12.9. The van der Waals surface area contributed by atoms with E-state index in [2.05, 4.69) is 52.3 Å². The van der Waals surface area contributed by atoms with Gasteiger partial charge in [0.25, 0.3) is 0 Å². The van der Waals surface area contributed by atoms with Crippen LogP contribution in [0.3, 0.4) is 0 Å². The number of pyridine rings is 1. The van der Waals surface area contributed by atoms with Gasteiger partial charge in [-0.05, 0) is 61.1 Å². The summed E-state index contributed by atoms with van der Waals surface area (Å²) in [5, 5.41) is 0. The van der Waals surface area contributed by atoms with Crippen molar-refractivity contribution in [3.8, 4) is 11.6 Å². The van der Waals surface area contributed by atoms with Crippen molar-refractivity contribution < 1.29 is 9.53 Å². The molecule has 3 aromatic rings. The Morgan fingerprint density at radius 2 is 1.69 bits per heavy atom. The lowest BCUT2D eigenvalue weighted by molar-refractivity contribution is 0.1000. The summed E-state index contributed by atoms with van der Waals surface area (Å²) < 4.78 is 5.81. The summed E-state index contributed by atoms with van der Waals surface area (Å²) in [7, 11) is 0. The molecule has 5 heteroatoms. The van der Waals surface area contributed by atoms with Crippen molar-refractivity contribution in [2.75, 3.05) is 13.1 Å². The first-order chi connectivity index (χ1) is 17.2. The number of nitrogens with two attached hydrogens (primary N) is 1. The van der Waals surface area contributed by atoms with Crippen LogP contribution in [0.1, 0.15) is 66.4 Å². The summed E-state index contributed by atoms with van der Waals surface area (Å²) >= 11 is 0.